The van der Waals surface area contributed by atoms with E-state index in [-0.39, 0.29) is 24.7 Å². The average Bonchev–Trinajstić information content (AvgIpc) is 3.24. The van der Waals surface area contributed by atoms with Gasteiger partial charge < -0.3 is 19.8 Å². The van der Waals surface area contributed by atoms with Crippen molar-refractivity contribution in [2.45, 2.75) is 31.8 Å². The summed E-state index contributed by atoms with van der Waals surface area (Å²) in [6.45, 7) is 2.45. The number of carbonyl (C=O) groups excluding carboxylic acids is 1. The van der Waals surface area contributed by atoms with Crippen LogP contribution in [0, 0.1) is 0 Å². The second-order valence-electron chi connectivity index (χ2n) is 5.67. The summed E-state index contributed by atoms with van der Waals surface area (Å²) in [5, 5.41) is 16.1. The van der Waals surface area contributed by atoms with Crippen LogP contribution < -0.4 is 5.32 Å². The highest BCUT2D eigenvalue weighted by atomic mass is 16.5. The molecule has 2 atom stereocenters. The van der Waals surface area contributed by atoms with Gasteiger partial charge in [0.25, 0.3) is 5.89 Å². The van der Waals surface area contributed by atoms with Crippen LogP contribution in [0.25, 0.3) is 11.5 Å². The number of rotatable bonds is 4. The zero-order valence-corrected chi connectivity index (χ0v) is 13.0. The zero-order valence-electron chi connectivity index (χ0n) is 13.0. The van der Waals surface area contributed by atoms with Crippen molar-refractivity contribution in [3.63, 3.8) is 0 Å². The summed E-state index contributed by atoms with van der Waals surface area (Å²) in [5.74, 6) is 0.855. The smallest absolute Gasteiger partial charge is 0.318 e. The summed E-state index contributed by atoms with van der Waals surface area (Å²) in [7, 11) is 0. The summed E-state index contributed by atoms with van der Waals surface area (Å²) in [4.78, 5) is 18.3. The van der Waals surface area contributed by atoms with Gasteiger partial charge in [0.2, 0.25) is 0 Å². The molecule has 2 heterocycles. The zero-order chi connectivity index (χ0) is 16.2. The topological polar surface area (TPSA) is 91.5 Å². The number of aromatic nitrogens is 2. The molecule has 1 aromatic heterocycles. The molecule has 1 fully saturated rings. The molecule has 0 bridgehead atoms. The molecule has 0 aliphatic carbocycles. The second kappa shape index (κ2) is 6.78. The van der Waals surface area contributed by atoms with Crippen LogP contribution in [0.4, 0.5) is 4.79 Å². The third-order valence-electron chi connectivity index (χ3n) is 4.04. The predicted molar refractivity (Wildman–Crippen MR) is 83.5 cm³/mol. The molecule has 2 aromatic rings. The van der Waals surface area contributed by atoms with Gasteiger partial charge in [-0.25, -0.2) is 4.79 Å². The van der Waals surface area contributed by atoms with E-state index >= 15 is 0 Å². The standard InChI is InChI=1S/C16H20N4O3/c1-11(17-16(22)20-9-5-8-13(20)10-21)14-18-15(23-19-14)12-6-3-2-4-7-12/h2-4,6-7,11,13,21H,5,8-10H2,1H3,(H,17,22)/t11?,13-/m0/s1. The Hall–Kier alpha value is -2.41. The minimum atomic E-state index is -0.372. The lowest BCUT2D eigenvalue weighted by atomic mass is 10.2. The lowest BCUT2D eigenvalue weighted by Gasteiger charge is -2.24. The maximum atomic E-state index is 12.3. The van der Waals surface area contributed by atoms with Gasteiger partial charge in [-0.05, 0) is 31.9 Å². The van der Waals surface area contributed by atoms with Gasteiger partial charge in [-0.15, -0.1) is 0 Å². The predicted octanol–water partition coefficient (Wildman–Crippen LogP) is 1.96. The van der Waals surface area contributed by atoms with Gasteiger partial charge in [-0.2, -0.15) is 4.98 Å². The quantitative estimate of drug-likeness (QED) is 0.899. The molecule has 1 aromatic carbocycles. The van der Waals surface area contributed by atoms with Crippen molar-refractivity contribution in [1.82, 2.24) is 20.4 Å². The third-order valence-corrected chi connectivity index (χ3v) is 4.04. The molecule has 0 saturated carbocycles. The number of aliphatic hydroxyl groups is 1. The lowest BCUT2D eigenvalue weighted by molar-refractivity contribution is 0.154. The highest BCUT2D eigenvalue weighted by Gasteiger charge is 2.29. The van der Waals surface area contributed by atoms with E-state index in [2.05, 4.69) is 15.5 Å². The monoisotopic (exact) mass is 316 g/mol. The molecular formula is C16H20N4O3. The molecule has 1 unspecified atom stereocenters. The SMILES string of the molecule is CC(NC(=O)N1CCC[C@H]1CO)c1noc(-c2ccccc2)n1. The lowest BCUT2D eigenvalue weighted by Crippen LogP contribution is -2.45. The number of amides is 2. The van der Waals surface area contributed by atoms with E-state index in [1.54, 1.807) is 4.90 Å². The van der Waals surface area contributed by atoms with E-state index in [1.807, 2.05) is 37.3 Å². The number of hydrogen-bond donors (Lipinski definition) is 2. The molecule has 122 valence electrons. The van der Waals surface area contributed by atoms with Crippen LogP contribution in [-0.4, -0.2) is 45.4 Å². The van der Waals surface area contributed by atoms with Crippen molar-refractivity contribution in [2.24, 2.45) is 0 Å². The highest BCUT2D eigenvalue weighted by Crippen LogP contribution is 2.20. The van der Waals surface area contributed by atoms with Crippen molar-refractivity contribution in [3.8, 4) is 11.5 Å². The fourth-order valence-corrected chi connectivity index (χ4v) is 2.73. The van der Waals surface area contributed by atoms with Crippen molar-refractivity contribution in [2.75, 3.05) is 13.2 Å². The molecule has 3 rings (SSSR count). The van der Waals surface area contributed by atoms with E-state index in [0.717, 1.165) is 18.4 Å². The number of nitrogens with zero attached hydrogens (tertiary/aromatic N) is 3. The minimum absolute atomic E-state index is 0.0117. The van der Waals surface area contributed by atoms with Crippen molar-refractivity contribution in [1.29, 1.82) is 0 Å². The number of hydrogen-bond acceptors (Lipinski definition) is 5. The maximum Gasteiger partial charge on any atom is 0.318 e. The largest absolute Gasteiger partial charge is 0.394 e. The van der Waals surface area contributed by atoms with Crippen LogP contribution in [-0.2, 0) is 0 Å². The van der Waals surface area contributed by atoms with Crippen molar-refractivity contribution < 1.29 is 14.4 Å². The third kappa shape index (κ3) is 3.34. The van der Waals surface area contributed by atoms with Gasteiger partial charge >= 0.3 is 6.03 Å². The van der Waals surface area contributed by atoms with E-state index in [0.29, 0.717) is 18.3 Å². The van der Waals surface area contributed by atoms with Gasteiger partial charge in [-0.3, -0.25) is 0 Å². The maximum absolute atomic E-state index is 12.3. The number of nitrogens with one attached hydrogen (secondary N) is 1. The normalized spacial score (nSPS) is 18.9. The fraction of sp³-hybridized carbons (Fsp3) is 0.438. The fourth-order valence-electron chi connectivity index (χ4n) is 2.73. The molecule has 23 heavy (non-hydrogen) atoms. The molecule has 0 spiro atoms. The van der Waals surface area contributed by atoms with Crippen molar-refractivity contribution >= 4 is 6.03 Å². The van der Waals surface area contributed by atoms with Crippen LogP contribution in [0.3, 0.4) is 0 Å². The summed E-state index contributed by atoms with van der Waals surface area (Å²) < 4.78 is 5.26. The average molecular weight is 316 g/mol. The first-order valence-corrected chi connectivity index (χ1v) is 7.76. The van der Waals surface area contributed by atoms with Crippen LogP contribution in [0.5, 0.6) is 0 Å². The number of benzene rings is 1. The highest BCUT2D eigenvalue weighted by molar-refractivity contribution is 5.75. The Morgan fingerprint density at radius 2 is 2.26 bits per heavy atom. The molecule has 0 radical (unpaired) electrons. The van der Waals surface area contributed by atoms with Gasteiger partial charge in [0.15, 0.2) is 5.82 Å². The molecule has 2 N–H and O–H groups in total. The molecular weight excluding hydrogens is 296 g/mol. The number of aliphatic hydroxyl groups excluding tert-OH is 1. The van der Waals surface area contributed by atoms with Gasteiger partial charge in [0.1, 0.15) is 0 Å². The first-order valence-electron chi connectivity index (χ1n) is 7.76. The molecule has 1 saturated heterocycles. The minimum Gasteiger partial charge on any atom is -0.394 e. The van der Waals surface area contributed by atoms with E-state index < -0.39 is 0 Å². The molecule has 7 heteroatoms. The Labute approximate surface area is 134 Å². The van der Waals surface area contributed by atoms with Crippen molar-refractivity contribution in [3.05, 3.63) is 36.2 Å². The summed E-state index contributed by atoms with van der Waals surface area (Å²) in [6, 6.07) is 8.79. The van der Waals surface area contributed by atoms with E-state index in [9.17, 15) is 9.90 Å². The molecule has 1 aliphatic heterocycles. The van der Waals surface area contributed by atoms with Crippen LogP contribution in [0.1, 0.15) is 31.6 Å². The van der Waals surface area contributed by atoms with Crippen LogP contribution >= 0.6 is 0 Å². The van der Waals surface area contributed by atoms with E-state index in [1.165, 1.54) is 0 Å². The molecule has 1 aliphatic rings. The first kappa shape index (κ1) is 15.5. The van der Waals surface area contributed by atoms with Gasteiger partial charge in [-0.1, -0.05) is 23.4 Å². The second-order valence-corrected chi connectivity index (χ2v) is 5.67. The van der Waals surface area contributed by atoms with Crippen LogP contribution in [0.15, 0.2) is 34.9 Å². The number of carbonyl (C=O) groups is 1. The van der Waals surface area contributed by atoms with Gasteiger partial charge in [0, 0.05) is 12.1 Å². The Balaban J connectivity index is 1.66. The van der Waals surface area contributed by atoms with E-state index in [4.69, 9.17) is 4.52 Å². The molecule has 7 nitrogen and oxygen atoms in total. The van der Waals surface area contributed by atoms with Gasteiger partial charge in [0.05, 0.1) is 18.7 Å². The number of urea groups is 1. The summed E-state index contributed by atoms with van der Waals surface area (Å²) in [5.41, 5.74) is 0.838. The summed E-state index contributed by atoms with van der Waals surface area (Å²) in [6.07, 6.45) is 1.74. The Kier molecular flexibility index (Phi) is 4.57. The Morgan fingerprint density at radius 3 is 3.00 bits per heavy atom. The molecule has 2 amide bonds. The Bertz CT molecular complexity index is 658. The Morgan fingerprint density at radius 1 is 1.48 bits per heavy atom. The first-order chi connectivity index (χ1) is 11.2. The van der Waals surface area contributed by atoms with Crippen LogP contribution in [0.2, 0.25) is 0 Å². The summed E-state index contributed by atoms with van der Waals surface area (Å²) >= 11 is 0. The number of likely N-dealkylation sites (tertiary alicyclic amines) is 1.